The maximum atomic E-state index is 12.8. The van der Waals surface area contributed by atoms with Crippen LogP contribution in [0.1, 0.15) is 10.4 Å². The van der Waals surface area contributed by atoms with Crippen molar-refractivity contribution in [1.29, 1.82) is 0 Å². The van der Waals surface area contributed by atoms with E-state index in [0.29, 0.717) is 22.6 Å². The summed E-state index contributed by atoms with van der Waals surface area (Å²) in [5, 5.41) is 3.31. The van der Waals surface area contributed by atoms with Crippen LogP contribution in [0, 0.1) is 0 Å². The number of fused-ring (bicyclic) bond motifs is 1. The molecule has 0 bridgehead atoms. The molecule has 1 heterocycles. The maximum absolute atomic E-state index is 12.8. The average molecular weight is 387 g/mol. The minimum Gasteiger partial charge on any atom is -0.497 e. The van der Waals surface area contributed by atoms with Gasteiger partial charge in [0.05, 0.1) is 12.7 Å². The number of hydrogen-bond acceptors (Lipinski definition) is 5. The van der Waals surface area contributed by atoms with Gasteiger partial charge in [0.15, 0.2) is 0 Å². The van der Waals surface area contributed by atoms with E-state index in [-0.39, 0.29) is 11.1 Å². The molecule has 6 nitrogen and oxygen atoms in total. The van der Waals surface area contributed by atoms with Gasteiger partial charge in [-0.2, -0.15) is 0 Å². The van der Waals surface area contributed by atoms with Crippen molar-refractivity contribution in [2.45, 2.75) is 0 Å². The second-order valence-electron chi connectivity index (χ2n) is 6.23. The standard InChI is InChI=1S/C23H17NO5/c1-27-18-11-12-19-20(14-22(25)29-21(19)13-18)23(26)24-15-7-9-17(10-8-15)28-16-5-3-2-4-6-16/h2-14H,1H3,(H,24,26). The highest BCUT2D eigenvalue weighted by atomic mass is 16.5. The number of methoxy groups -OCH3 is 1. The van der Waals surface area contributed by atoms with Crippen molar-refractivity contribution < 1.29 is 18.7 Å². The van der Waals surface area contributed by atoms with Crippen LogP contribution in [0.25, 0.3) is 11.0 Å². The largest absolute Gasteiger partial charge is 0.497 e. The van der Waals surface area contributed by atoms with Crippen molar-refractivity contribution >= 4 is 22.6 Å². The fraction of sp³-hybridized carbons (Fsp3) is 0.0435. The molecule has 0 aliphatic heterocycles. The van der Waals surface area contributed by atoms with Crippen LogP contribution in [0.5, 0.6) is 17.2 Å². The molecule has 0 atom stereocenters. The highest BCUT2D eigenvalue weighted by Crippen LogP contribution is 2.25. The molecule has 1 amide bonds. The summed E-state index contributed by atoms with van der Waals surface area (Å²) in [6.07, 6.45) is 0. The van der Waals surface area contributed by atoms with Crippen LogP contribution in [-0.4, -0.2) is 13.0 Å². The minimum absolute atomic E-state index is 0.225. The van der Waals surface area contributed by atoms with E-state index in [1.165, 1.54) is 13.2 Å². The van der Waals surface area contributed by atoms with E-state index in [0.717, 1.165) is 5.75 Å². The molecule has 6 heteroatoms. The van der Waals surface area contributed by atoms with Gasteiger partial charge in [0, 0.05) is 23.2 Å². The van der Waals surface area contributed by atoms with Gasteiger partial charge >= 0.3 is 5.63 Å². The molecule has 0 radical (unpaired) electrons. The molecule has 144 valence electrons. The molecule has 0 spiro atoms. The first-order valence-corrected chi connectivity index (χ1v) is 8.88. The Morgan fingerprint density at radius 3 is 2.28 bits per heavy atom. The minimum atomic E-state index is -0.609. The Bertz CT molecular complexity index is 1210. The predicted octanol–water partition coefficient (Wildman–Crippen LogP) is 4.85. The van der Waals surface area contributed by atoms with Gasteiger partial charge < -0.3 is 19.2 Å². The van der Waals surface area contributed by atoms with E-state index in [2.05, 4.69) is 5.32 Å². The molecule has 1 aromatic heterocycles. The fourth-order valence-electron chi connectivity index (χ4n) is 2.89. The van der Waals surface area contributed by atoms with Crippen LogP contribution in [-0.2, 0) is 0 Å². The van der Waals surface area contributed by atoms with Gasteiger partial charge in [-0.1, -0.05) is 18.2 Å². The molecule has 0 aliphatic carbocycles. The number of para-hydroxylation sites is 1. The Morgan fingerprint density at radius 1 is 0.862 bits per heavy atom. The summed E-state index contributed by atoms with van der Waals surface area (Å²) >= 11 is 0. The second-order valence-corrected chi connectivity index (χ2v) is 6.23. The summed E-state index contributed by atoms with van der Waals surface area (Å²) in [5.41, 5.74) is 0.477. The summed E-state index contributed by atoms with van der Waals surface area (Å²) in [7, 11) is 1.51. The summed E-state index contributed by atoms with van der Waals surface area (Å²) in [6, 6.07) is 22.5. The first-order chi connectivity index (χ1) is 14.1. The lowest BCUT2D eigenvalue weighted by Crippen LogP contribution is -2.15. The number of amides is 1. The second kappa shape index (κ2) is 7.90. The summed E-state index contributed by atoms with van der Waals surface area (Å²) < 4.78 is 16.1. The molecule has 1 N–H and O–H groups in total. The van der Waals surface area contributed by atoms with Gasteiger partial charge in [-0.3, -0.25) is 4.79 Å². The van der Waals surface area contributed by atoms with Crippen LogP contribution in [0.4, 0.5) is 5.69 Å². The SMILES string of the molecule is COc1ccc2c(C(=O)Nc3ccc(Oc4ccccc4)cc3)cc(=O)oc2c1. The Labute approximate surface area is 166 Å². The number of benzene rings is 3. The Balaban J connectivity index is 1.56. The zero-order valence-corrected chi connectivity index (χ0v) is 15.5. The molecule has 0 saturated carbocycles. The molecule has 0 saturated heterocycles. The average Bonchev–Trinajstić information content (AvgIpc) is 2.74. The van der Waals surface area contributed by atoms with Crippen molar-refractivity contribution in [3.63, 3.8) is 0 Å². The molecule has 3 aromatic carbocycles. The predicted molar refractivity (Wildman–Crippen MR) is 110 cm³/mol. The third-order valence-electron chi connectivity index (χ3n) is 4.29. The lowest BCUT2D eigenvalue weighted by Gasteiger charge is -2.09. The molecule has 0 unspecified atom stereocenters. The van der Waals surface area contributed by atoms with Crippen LogP contribution in [0.15, 0.2) is 88.1 Å². The summed E-state index contributed by atoms with van der Waals surface area (Å²) in [6.45, 7) is 0. The van der Waals surface area contributed by atoms with E-state index in [9.17, 15) is 9.59 Å². The molecule has 0 fully saturated rings. The first-order valence-electron chi connectivity index (χ1n) is 8.88. The van der Waals surface area contributed by atoms with E-state index < -0.39 is 11.5 Å². The fourth-order valence-corrected chi connectivity index (χ4v) is 2.89. The van der Waals surface area contributed by atoms with Crippen molar-refractivity contribution in [2.24, 2.45) is 0 Å². The number of rotatable bonds is 5. The maximum Gasteiger partial charge on any atom is 0.337 e. The van der Waals surface area contributed by atoms with Gasteiger partial charge in [0.1, 0.15) is 22.8 Å². The third-order valence-corrected chi connectivity index (χ3v) is 4.29. The normalized spacial score (nSPS) is 10.5. The molecule has 4 aromatic rings. The van der Waals surface area contributed by atoms with Crippen LogP contribution in [0.3, 0.4) is 0 Å². The van der Waals surface area contributed by atoms with E-state index in [1.807, 2.05) is 30.3 Å². The lowest BCUT2D eigenvalue weighted by molar-refractivity contribution is 0.102. The number of carbonyl (C=O) groups is 1. The number of anilines is 1. The number of ether oxygens (including phenoxy) is 2. The number of nitrogens with one attached hydrogen (secondary N) is 1. The van der Waals surface area contributed by atoms with Gasteiger partial charge in [0.2, 0.25) is 0 Å². The van der Waals surface area contributed by atoms with Gasteiger partial charge in [-0.25, -0.2) is 4.79 Å². The van der Waals surface area contributed by atoms with Crippen molar-refractivity contribution in [2.75, 3.05) is 12.4 Å². The van der Waals surface area contributed by atoms with E-state index >= 15 is 0 Å². The van der Waals surface area contributed by atoms with Crippen molar-refractivity contribution in [3.05, 3.63) is 94.8 Å². The highest BCUT2D eigenvalue weighted by Gasteiger charge is 2.14. The van der Waals surface area contributed by atoms with Crippen LogP contribution >= 0.6 is 0 Å². The van der Waals surface area contributed by atoms with Crippen LogP contribution in [0.2, 0.25) is 0 Å². The number of carbonyl (C=O) groups excluding carboxylic acids is 1. The summed E-state index contributed by atoms with van der Waals surface area (Å²) in [5.74, 6) is 1.49. The highest BCUT2D eigenvalue weighted by molar-refractivity contribution is 6.12. The van der Waals surface area contributed by atoms with E-state index in [4.69, 9.17) is 13.9 Å². The Kier molecular flexibility index (Phi) is 4.99. The Hall–Kier alpha value is -4.06. The first kappa shape index (κ1) is 18.3. The molecular formula is C23H17NO5. The lowest BCUT2D eigenvalue weighted by atomic mass is 10.1. The van der Waals surface area contributed by atoms with Crippen molar-refractivity contribution in [3.8, 4) is 17.2 Å². The van der Waals surface area contributed by atoms with E-state index in [1.54, 1.807) is 42.5 Å². The third kappa shape index (κ3) is 4.11. The zero-order chi connectivity index (χ0) is 20.2. The molecular weight excluding hydrogens is 370 g/mol. The smallest absolute Gasteiger partial charge is 0.337 e. The zero-order valence-electron chi connectivity index (χ0n) is 15.5. The van der Waals surface area contributed by atoms with Crippen molar-refractivity contribution in [1.82, 2.24) is 0 Å². The quantitative estimate of drug-likeness (QED) is 0.496. The van der Waals surface area contributed by atoms with Gasteiger partial charge in [-0.15, -0.1) is 0 Å². The topological polar surface area (TPSA) is 77.8 Å². The molecule has 4 rings (SSSR count). The molecule has 0 aliphatic rings. The summed E-state index contributed by atoms with van der Waals surface area (Å²) in [4.78, 5) is 24.6. The Morgan fingerprint density at radius 2 is 1.55 bits per heavy atom. The number of hydrogen-bond donors (Lipinski definition) is 1. The monoisotopic (exact) mass is 387 g/mol. The van der Waals surface area contributed by atoms with Crippen LogP contribution < -0.4 is 20.4 Å². The van der Waals surface area contributed by atoms with Gasteiger partial charge in [0.25, 0.3) is 5.91 Å². The van der Waals surface area contributed by atoms with Gasteiger partial charge in [-0.05, 0) is 48.5 Å². The molecule has 29 heavy (non-hydrogen) atoms.